The fraction of sp³-hybridized carbons (Fsp3) is 0.500. The maximum Gasteiger partial charge on any atom is 0.251 e. The number of rotatable bonds is 9. The molecule has 0 spiro atoms. The van der Waals surface area contributed by atoms with Gasteiger partial charge in [0.25, 0.3) is 5.91 Å². The van der Waals surface area contributed by atoms with Gasteiger partial charge in [-0.2, -0.15) is 0 Å². The Hall–Kier alpha value is -2.86. The van der Waals surface area contributed by atoms with E-state index < -0.39 is 0 Å². The number of amides is 1. The number of ether oxygens (including phenoxy) is 3. The molecule has 6 nitrogen and oxygen atoms in total. The van der Waals surface area contributed by atoms with Crippen LogP contribution in [0.3, 0.4) is 0 Å². The number of ketones is 1. The Morgan fingerprint density at radius 2 is 1.50 bits per heavy atom. The molecule has 2 aromatic carbocycles. The third-order valence-corrected chi connectivity index (χ3v) is 7.84. The number of nitrogens with one attached hydrogen (secondary N) is 1. The molecule has 4 aliphatic carbocycles. The zero-order chi connectivity index (χ0) is 23.7. The summed E-state index contributed by atoms with van der Waals surface area (Å²) < 4.78 is 17.0. The summed E-state index contributed by atoms with van der Waals surface area (Å²) in [7, 11) is 3.08. The van der Waals surface area contributed by atoms with Gasteiger partial charge in [-0.15, -0.1) is 0 Å². The molecule has 6 heteroatoms. The summed E-state index contributed by atoms with van der Waals surface area (Å²) in [5.74, 6) is 3.25. The number of methoxy groups -OCH3 is 2. The van der Waals surface area contributed by atoms with Gasteiger partial charge < -0.3 is 19.5 Å². The van der Waals surface area contributed by atoms with E-state index in [0.717, 1.165) is 17.8 Å². The summed E-state index contributed by atoms with van der Waals surface area (Å²) >= 11 is 0. The van der Waals surface area contributed by atoms with Crippen LogP contribution < -0.4 is 14.8 Å². The molecule has 4 fully saturated rings. The van der Waals surface area contributed by atoms with Gasteiger partial charge in [-0.05, 0) is 86.6 Å². The first-order valence-corrected chi connectivity index (χ1v) is 12.3. The second kappa shape index (κ2) is 9.41. The van der Waals surface area contributed by atoms with Crippen LogP contribution in [0.1, 0.15) is 64.8 Å². The molecule has 0 heterocycles. The molecule has 0 unspecified atom stereocenters. The molecular weight excluding hydrogens is 430 g/mol. The largest absolute Gasteiger partial charge is 0.497 e. The minimum atomic E-state index is -0.188. The van der Waals surface area contributed by atoms with Crippen molar-refractivity contribution in [2.45, 2.75) is 44.1 Å². The van der Waals surface area contributed by atoms with Crippen molar-refractivity contribution in [1.82, 2.24) is 5.32 Å². The molecule has 0 saturated heterocycles. The van der Waals surface area contributed by atoms with Crippen LogP contribution in [0.5, 0.6) is 11.5 Å². The Kier molecular flexibility index (Phi) is 6.34. The quantitative estimate of drug-likeness (QED) is 0.433. The van der Waals surface area contributed by atoms with Crippen molar-refractivity contribution >= 4 is 11.7 Å². The Morgan fingerprint density at radius 1 is 0.882 bits per heavy atom. The molecule has 0 aliphatic heterocycles. The van der Waals surface area contributed by atoms with Crippen molar-refractivity contribution in [1.29, 1.82) is 0 Å². The summed E-state index contributed by atoms with van der Waals surface area (Å²) in [4.78, 5) is 25.6. The maximum absolute atomic E-state index is 13.0. The van der Waals surface area contributed by atoms with Crippen molar-refractivity contribution in [3.63, 3.8) is 0 Å². The van der Waals surface area contributed by atoms with Gasteiger partial charge in [0.15, 0.2) is 5.78 Å². The summed E-state index contributed by atoms with van der Waals surface area (Å²) in [6, 6.07) is 11.8. The molecule has 0 radical (unpaired) electrons. The molecule has 4 aliphatic rings. The van der Waals surface area contributed by atoms with Crippen LogP contribution in [0.25, 0.3) is 0 Å². The first kappa shape index (κ1) is 22.9. The predicted octanol–water partition coefficient (Wildman–Crippen LogP) is 4.65. The van der Waals surface area contributed by atoms with E-state index in [9.17, 15) is 9.59 Å². The van der Waals surface area contributed by atoms with Gasteiger partial charge in [0, 0.05) is 17.7 Å². The third kappa shape index (κ3) is 4.56. The van der Waals surface area contributed by atoms with Gasteiger partial charge in [0.2, 0.25) is 0 Å². The lowest BCUT2D eigenvalue weighted by atomic mass is 9.54. The Bertz CT molecular complexity index is 1030. The van der Waals surface area contributed by atoms with Crippen LogP contribution in [0.4, 0.5) is 0 Å². The van der Waals surface area contributed by atoms with E-state index in [4.69, 9.17) is 14.2 Å². The first-order valence-electron chi connectivity index (χ1n) is 12.3. The van der Waals surface area contributed by atoms with Crippen molar-refractivity contribution in [2.75, 3.05) is 27.4 Å². The van der Waals surface area contributed by atoms with Gasteiger partial charge in [-0.1, -0.05) is 12.1 Å². The predicted molar refractivity (Wildman–Crippen MR) is 129 cm³/mol. The van der Waals surface area contributed by atoms with Gasteiger partial charge in [-0.3, -0.25) is 9.59 Å². The fourth-order valence-electron chi connectivity index (χ4n) is 6.66. The topological polar surface area (TPSA) is 73.9 Å². The van der Waals surface area contributed by atoms with Crippen LogP contribution in [0.2, 0.25) is 0 Å². The first-order chi connectivity index (χ1) is 16.5. The van der Waals surface area contributed by atoms with Crippen molar-refractivity contribution in [3.8, 4) is 11.5 Å². The molecule has 34 heavy (non-hydrogen) atoms. The number of hydrogen-bond acceptors (Lipinski definition) is 5. The second-order valence-electron chi connectivity index (χ2n) is 10.2. The Labute approximate surface area is 201 Å². The van der Waals surface area contributed by atoms with E-state index in [1.165, 1.54) is 45.6 Å². The van der Waals surface area contributed by atoms with Crippen LogP contribution in [0, 0.1) is 17.8 Å². The highest BCUT2D eigenvalue weighted by atomic mass is 16.5. The van der Waals surface area contributed by atoms with Crippen molar-refractivity contribution < 1.29 is 23.8 Å². The summed E-state index contributed by atoms with van der Waals surface area (Å²) in [6.45, 7) is 1.03. The fourth-order valence-corrected chi connectivity index (χ4v) is 6.66. The van der Waals surface area contributed by atoms with Crippen molar-refractivity contribution in [2.24, 2.45) is 17.8 Å². The van der Waals surface area contributed by atoms with E-state index in [1.807, 2.05) is 0 Å². The SMILES string of the molecule is COc1ccc(OC)c(C(=O)c2ccc(C(=O)NCCOC34CC5CC(CC(C5)C3)C4)cc2)c1. The summed E-state index contributed by atoms with van der Waals surface area (Å²) in [5.41, 5.74) is 1.47. The maximum atomic E-state index is 13.0. The number of hydrogen-bond donors (Lipinski definition) is 1. The lowest BCUT2D eigenvalue weighted by Crippen LogP contribution is -2.52. The normalized spacial score (nSPS) is 26.8. The molecule has 1 N–H and O–H groups in total. The average molecular weight is 464 g/mol. The highest BCUT2D eigenvalue weighted by molar-refractivity contribution is 6.11. The minimum Gasteiger partial charge on any atom is -0.497 e. The average Bonchev–Trinajstić information content (AvgIpc) is 2.85. The zero-order valence-corrected chi connectivity index (χ0v) is 20.0. The molecule has 2 aromatic rings. The van der Waals surface area contributed by atoms with Gasteiger partial charge in [0.1, 0.15) is 11.5 Å². The van der Waals surface area contributed by atoms with Crippen LogP contribution in [-0.4, -0.2) is 44.7 Å². The monoisotopic (exact) mass is 463 g/mol. The highest BCUT2D eigenvalue weighted by Gasteiger charge is 2.51. The van der Waals surface area contributed by atoms with E-state index in [1.54, 1.807) is 49.6 Å². The molecule has 4 saturated carbocycles. The lowest BCUT2D eigenvalue weighted by Gasteiger charge is -2.56. The van der Waals surface area contributed by atoms with Gasteiger partial charge >= 0.3 is 0 Å². The second-order valence-corrected chi connectivity index (χ2v) is 10.2. The minimum absolute atomic E-state index is 0.0582. The van der Waals surface area contributed by atoms with Gasteiger partial charge in [0.05, 0.1) is 32.0 Å². The molecule has 0 aromatic heterocycles. The molecule has 6 rings (SSSR count). The van der Waals surface area contributed by atoms with E-state index in [-0.39, 0.29) is 17.3 Å². The molecular formula is C28H33NO5. The van der Waals surface area contributed by atoms with Crippen LogP contribution in [0.15, 0.2) is 42.5 Å². The third-order valence-electron chi connectivity index (χ3n) is 7.84. The van der Waals surface area contributed by atoms with Crippen LogP contribution in [-0.2, 0) is 4.74 Å². The lowest BCUT2D eigenvalue weighted by molar-refractivity contribution is -0.160. The number of carbonyl (C=O) groups is 2. The summed E-state index contributed by atoms with van der Waals surface area (Å²) in [6.07, 6.45) is 7.76. The van der Waals surface area contributed by atoms with Gasteiger partial charge in [-0.25, -0.2) is 0 Å². The van der Waals surface area contributed by atoms with Crippen molar-refractivity contribution in [3.05, 3.63) is 59.2 Å². The summed E-state index contributed by atoms with van der Waals surface area (Å²) in [5, 5.41) is 2.96. The standard InChI is InChI=1S/C28H33NO5/c1-32-23-7-8-25(33-2)24(14-23)26(30)21-3-5-22(6-4-21)27(31)29-9-10-34-28-15-18-11-19(16-28)13-20(12-18)17-28/h3-8,14,18-20H,9-13,15-17H2,1-2H3,(H,29,31). The van der Waals surface area contributed by atoms with E-state index in [0.29, 0.717) is 41.3 Å². The Morgan fingerprint density at radius 3 is 2.09 bits per heavy atom. The number of carbonyl (C=O) groups excluding carboxylic acids is 2. The van der Waals surface area contributed by atoms with E-state index >= 15 is 0 Å². The zero-order valence-electron chi connectivity index (χ0n) is 20.0. The number of benzene rings is 2. The molecule has 180 valence electrons. The Balaban J connectivity index is 1.15. The highest BCUT2D eigenvalue weighted by Crippen LogP contribution is 2.57. The van der Waals surface area contributed by atoms with Crippen LogP contribution >= 0.6 is 0 Å². The molecule has 4 bridgehead atoms. The smallest absolute Gasteiger partial charge is 0.251 e. The molecule has 0 atom stereocenters. The van der Waals surface area contributed by atoms with E-state index in [2.05, 4.69) is 5.32 Å². The molecule has 1 amide bonds.